The number of hydrazone groups is 1. The van der Waals surface area contributed by atoms with Crippen molar-refractivity contribution in [1.29, 1.82) is 0 Å². The lowest BCUT2D eigenvalue weighted by Gasteiger charge is -2.11. The van der Waals surface area contributed by atoms with Gasteiger partial charge in [-0.2, -0.15) is 5.10 Å². The van der Waals surface area contributed by atoms with Crippen LogP contribution in [0.1, 0.15) is 26.3 Å². The molecule has 0 saturated heterocycles. The van der Waals surface area contributed by atoms with Crippen molar-refractivity contribution in [2.45, 2.75) is 0 Å². The molecule has 0 atom stereocenters. The zero-order valence-corrected chi connectivity index (χ0v) is 19.9. The van der Waals surface area contributed by atoms with Crippen LogP contribution in [0.25, 0.3) is 16.5 Å². The summed E-state index contributed by atoms with van der Waals surface area (Å²) in [5.74, 6) is -0.991. The maximum atomic E-state index is 13.0. The van der Waals surface area contributed by atoms with E-state index in [-0.39, 0.29) is 17.0 Å². The zero-order valence-electron chi connectivity index (χ0n) is 19.9. The molecule has 0 aliphatic carbocycles. The Labute approximate surface area is 216 Å². The highest BCUT2D eigenvalue weighted by Gasteiger charge is 2.17. The van der Waals surface area contributed by atoms with Crippen molar-refractivity contribution < 1.29 is 19.2 Å². The highest BCUT2D eigenvalue weighted by molar-refractivity contribution is 6.05. The second-order valence-corrected chi connectivity index (χ2v) is 8.20. The Hall–Kier alpha value is -5.57. The van der Waals surface area contributed by atoms with E-state index in [0.29, 0.717) is 16.8 Å². The SMILES string of the molecule is O=C(Oc1ccc2ccccc2c1C=NNC(=O)c1ccccc1-n1cccc1)c1cccc([N+](=O)[O-])c1. The van der Waals surface area contributed by atoms with Gasteiger partial charge in [-0.25, -0.2) is 10.2 Å². The predicted octanol–water partition coefficient (Wildman–Crippen LogP) is 5.52. The average molecular weight is 505 g/mol. The molecule has 0 unspecified atom stereocenters. The van der Waals surface area contributed by atoms with E-state index in [9.17, 15) is 19.7 Å². The molecule has 9 heteroatoms. The van der Waals surface area contributed by atoms with Crippen LogP contribution in [0.3, 0.4) is 0 Å². The predicted molar refractivity (Wildman–Crippen MR) is 143 cm³/mol. The zero-order chi connectivity index (χ0) is 26.5. The van der Waals surface area contributed by atoms with E-state index in [4.69, 9.17) is 4.74 Å². The molecule has 1 amide bonds. The van der Waals surface area contributed by atoms with Gasteiger partial charge >= 0.3 is 5.97 Å². The van der Waals surface area contributed by atoms with Gasteiger partial charge in [0.05, 0.1) is 28.0 Å². The molecule has 0 saturated carbocycles. The molecule has 186 valence electrons. The van der Waals surface area contributed by atoms with E-state index in [1.54, 1.807) is 24.3 Å². The lowest BCUT2D eigenvalue weighted by atomic mass is 10.0. The Balaban J connectivity index is 1.44. The third kappa shape index (κ3) is 5.02. The fourth-order valence-electron chi connectivity index (χ4n) is 4.00. The number of ether oxygens (including phenoxy) is 1. The molecule has 0 aliphatic rings. The number of aromatic nitrogens is 1. The molecule has 1 aromatic heterocycles. The van der Waals surface area contributed by atoms with Gasteiger partial charge in [-0.05, 0) is 47.2 Å². The van der Waals surface area contributed by atoms with E-state index in [1.807, 2.05) is 65.5 Å². The summed E-state index contributed by atoms with van der Waals surface area (Å²) in [7, 11) is 0. The second-order valence-electron chi connectivity index (χ2n) is 8.20. The fraction of sp³-hybridized carbons (Fsp3) is 0. The Morgan fingerprint density at radius 1 is 0.895 bits per heavy atom. The van der Waals surface area contributed by atoms with Crippen molar-refractivity contribution in [2.24, 2.45) is 5.10 Å². The summed E-state index contributed by atoms with van der Waals surface area (Å²) >= 11 is 0. The number of esters is 1. The number of nitro benzene ring substituents is 1. The van der Waals surface area contributed by atoms with Gasteiger partial charge in [0, 0.05) is 30.1 Å². The molecule has 9 nitrogen and oxygen atoms in total. The highest BCUT2D eigenvalue weighted by Crippen LogP contribution is 2.28. The smallest absolute Gasteiger partial charge is 0.343 e. The molecule has 5 rings (SSSR count). The van der Waals surface area contributed by atoms with E-state index in [2.05, 4.69) is 10.5 Å². The number of hydrogen-bond acceptors (Lipinski definition) is 6. The highest BCUT2D eigenvalue weighted by atomic mass is 16.6. The number of amides is 1. The molecule has 38 heavy (non-hydrogen) atoms. The number of nitrogens with one attached hydrogen (secondary N) is 1. The molecule has 4 aromatic carbocycles. The number of hydrogen-bond donors (Lipinski definition) is 1. The van der Waals surface area contributed by atoms with Gasteiger partial charge in [-0.1, -0.05) is 48.5 Å². The van der Waals surface area contributed by atoms with Crippen molar-refractivity contribution in [3.05, 3.63) is 136 Å². The standard InChI is InChI=1S/C29H20N4O5/c34-28(24-12-3-4-13-26(24)32-16-5-6-17-32)31-30-19-25-23-11-2-1-8-20(23)14-15-27(25)38-29(35)21-9-7-10-22(18-21)33(36)37/h1-19H,(H,31,34). The van der Waals surface area contributed by atoms with Crippen molar-refractivity contribution in [3.63, 3.8) is 0 Å². The average Bonchev–Trinajstić information content (AvgIpc) is 3.49. The molecule has 1 heterocycles. The largest absolute Gasteiger partial charge is 0.422 e. The number of non-ortho nitro benzene ring substituents is 1. The molecular weight excluding hydrogens is 484 g/mol. The van der Waals surface area contributed by atoms with E-state index in [0.717, 1.165) is 16.8 Å². The molecule has 1 N–H and O–H groups in total. The Bertz CT molecular complexity index is 1690. The summed E-state index contributed by atoms with van der Waals surface area (Å²) in [6, 6.07) is 27.0. The van der Waals surface area contributed by atoms with Crippen molar-refractivity contribution in [2.75, 3.05) is 0 Å². The monoisotopic (exact) mass is 504 g/mol. The number of fused-ring (bicyclic) bond motifs is 1. The van der Waals surface area contributed by atoms with E-state index in [1.165, 1.54) is 24.4 Å². The van der Waals surface area contributed by atoms with Crippen LogP contribution in [0.2, 0.25) is 0 Å². The first kappa shape index (κ1) is 24.1. The van der Waals surface area contributed by atoms with E-state index >= 15 is 0 Å². The minimum atomic E-state index is -0.761. The van der Waals surface area contributed by atoms with Gasteiger partial charge in [0.1, 0.15) is 5.75 Å². The molecule has 0 aliphatic heterocycles. The second kappa shape index (κ2) is 10.6. The van der Waals surface area contributed by atoms with Crippen LogP contribution in [-0.4, -0.2) is 27.6 Å². The van der Waals surface area contributed by atoms with Crippen LogP contribution in [-0.2, 0) is 0 Å². The number of nitro groups is 1. The third-order valence-corrected chi connectivity index (χ3v) is 5.82. The van der Waals surface area contributed by atoms with Crippen LogP contribution in [0.5, 0.6) is 5.75 Å². The minimum Gasteiger partial charge on any atom is -0.422 e. The van der Waals surface area contributed by atoms with Gasteiger partial charge in [0.15, 0.2) is 0 Å². The lowest BCUT2D eigenvalue weighted by Crippen LogP contribution is -2.19. The molecule has 0 fully saturated rings. The maximum Gasteiger partial charge on any atom is 0.343 e. The summed E-state index contributed by atoms with van der Waals surface area (Å²) in [4.78, 5) is 36.3. The first-order chi connectivity index (χ1) is 18.5. The molecule has 0 bridgehead atoms. The summed E-state index contributed by atoms with van der Waals surface area (Å²) < 4.78 is 7.44. The van der Waals surface area contributed by atoms with Gasteiger partial charge < -0.3 is 9.30 Å². The third-order valence-electron chi connectivity index (χ3n) is 5.82. The van der Waals surface area contributed by atoms with E-state index < -0.39 is 16.8 Å². The number of nitrogens with zero attached hydrogens (tertiary/aromatic N) is 3. The number of rotatable bonds is 7. The summed E-state index contributed by atoms with van der Waals surface area (Å²) in [5, 5.41) is 16.9. The number of carbonyl (C=O) groups is 2. The molecule has 0 spiro atoms. The first-order valence-electron chi connectivity index (χ1n) is 11.6. The van der Waals surface area contributed by atoms with Crippen molar-refractivity contribution >= 4 is 34.6 Å². The van der Waals surface area contributed by atoms with Gasteiger partial charge in [0.25, 0.3) is 11.6 Å². The quantitative estimate of drug-likeness (QED) is 0.103. The number of benzene rings is 4. The molecular formula is C29H20N4O5. The summed E-state index contributed by atoms with van der Waals surface area (Å²) in [6.45, 7) is 0. The lowest BCUT2D eigenvalue weighted by molar-refractivity contribution is -0.384. The minimum absolute atomic E-state index is 0.0326. The number of carbonyl (C=O) groups excluding carboxylic acids is 2. The summed E-state index contributed by atoms with van der Waals surface area (Å²) in [5.41, 5.74) is 3.94. The Morgan fingerprint density at radius 2 is 1.66 bits per heavy atom. The Morgan fingerprint density at radius 3 is 2.47 bits per heavy atom. The van der Waals surface area contributed by atoms with Gasteiger partial charge in [-0.3, -0.25) is 14.9 Å². The molecule has 0 radical (unpaired) electrons. The first-order valence-corrected chi connectivity index (χ1v) is 11.6. The van der Waals surface area contributed by atoms with Gasteiger partial charge in [0.2, 0.25) is 0 Å². The number of para-hydroxylation sites is 1. The van der Waals surface area contributed by atoms with Crippen LogP contribution < -0.4 is 10.2 Å². The summed E-state index contributed by atoms with van der Waals surface area (Å²) in [6.07, 6.45) is 5.09. The topological polar surface area (TPSA) is 116 Å². The van der Waals surface area contributed by atoms with Crippen LogP contribution in [0.4, 0.5) is 5.69 Å². The van der Waals surface area contributed by atoms with Crippen molar-refractivity contribution in [1.82, 2.24) is 9.99 Å². The Kier molecular flexibility index (Phi) is 6.73. The maximum absolute atomic E-state index is 13.0. The molecule has 5 aromatic rings. The van der Waals surface area contributed by atoms with Crippen LogP contribution in [0, 0.1) is 10.1 Å². The van der Waals surface area contributed by atoms with Crippen molar-refractivity contribution in [3.8, 4) is 11.4 Å². The normalized spacial score (nSPS) is 10.9. The van der Waals surface area contributed by atoms with Crippen LogP contribution in [0.15, 0.2) is 115 Å². The van der Waals surface area contributed by atoms with Gasteiger partial charge in [-0.15, -0.1) is 0 Å². The van der Waals surface area contributed by atoms with Crippen LogP contribution >= 0.6 is 0 Å². The fourth-order valence-corrected chi connectivity index (χ4v) is 4.00.